The van der Waals surface area contributed by atoms with Gasteiger partial charge in [0.2, 0.25) is 0 Å². The van der Waals surface area contributed by atoms with Crippen LogP contribution in [-0.4, -0.2) is 18.6 Å². The van der Waals surface area contributed by atoms with Crippen molar-refractivity contribution in [2.75, 3.05) is 18.5 Å². The minimum Gasteiger partial charge on any atom is -0.360 e. The average Bonchev–Trinajstić information content (AvgIpc) is 2.16. The number of nitrogens with zero attached hydrogens (tertiary/aromatic N) is 2. The van der Waals surface area contributed by atoms with Crippen molar-refractivity contribution in [2.24, 2.45) is 0 Å². The third-order valence-corrected chi connectivity index (χ3v) is 2.40. The summed E-state index contributed by atoms with van der Waals surface area (Å²) in [7, 11) is 1.69. The zero-order valence-electron chi connectivity index (χ0n) is 8.98. The van der Waals surface area contributed by atoms with Crippen molar-refractivity contribution in [1.82, 2.24) is 4.98 Å². The van der Waals surface area contributed by atoms with Crippen LogP contribution in [0.15, 0.2) is 12.3 Å². The second-order valence-corrected chi connectivity index (χ2v) is 3.85. The van der Waals surface area contributed by atoms with Gasteiger partial charge < -0.3 is 4.90 Å². The fourth-order valence-electron chi connectivity index (χ4n) is 1.30. The van der Waals surface area contributed by atoms with Crippen LogP contribution in [0.25, 0.3) is 0 Å². The number of anilines is 1. The summed E-state index contributed by atoms with van der Waals surface area (Å²) in [5.41, 5.74) is -0.845. The Morgan fingerprint density at radius 1 is 1.44 bits per heavy atom. The van der Waals surface area contributed by atoms with Crippen LogP contribution in [0.3, 0.4) is 0 Å². The highest BCUT2D eigenvalue weighted by Gasteiger charge is 2.34. The topological polar surface area (TPSA) is 16.1 Å². The Bertz CT molecular complexity index is 366. The van der Waals surface area contributed by atoms with Crippen molar-refractivity contribution in [1.29, 1.82) is 0 Å². The lowest BCUT2D eigenvalue weighted by Gasteiger charge is -2.18. The van der Waals surface area contributed by atoms with Crippen molar-refractivity contribution < 1.29 is 13.2 Å². The van der Waals surface area contributed by atoms with E-state index in [4.69, 9.17) is 11.6 Å². The first-order valence-electron chi connectivity index (χ1n) is 4.80. The molecule has 1 aromatic rings. The largest absolute Gasteiger partial charge is 0.418 e. The third kappa shape index (κ3) is 3.01. The molecule has 0 aliphatic rings. The SMILES string of the molecule is CCCN(C)c1cc(C(F)(F)F)c(Cl)cn1. The molecule has 0 N–H and O–H groups in total. The molecular formula is C10H12ClF3N2. The molecule has 6 heteroatoms. The Hall–Kier alpha value is -0.970. The summed E-state index contributed by atoms with van der Waals surface area (Å²) < 4.78 is 37.6. The molecule has 0 radical (unpaired) electrons. The molecule has 0 bridgehead atoms. The molecule has 1 heterocycles. The number of hydrogen-bond acceptors (Lipinski definition) is 2. The van der Waals surface area contributed by atoms with Crippen molar-refractivity contribution in [3.8, 4) is 0 Å². The summed E-state index contributed by atoms with van der Waals surface area (Å²) in [5.74, 6) is 0.276. The fourth-order valence-corrected chi connectivity index (χ4v) is 1.51. The molecule has 0 aromatic carbocycles. The molecule has 0 spiro atoms. The van der Waals surface area contributed by atoms with Crippen molar-refractivity contribution in [3.05, 3.63) is 22.8 Å². The van der Waals surface area contributed by atoms with Gasteiger partial charge in [0.15, 0.2) is 0 Å². The number of alkyl halides is 3. The van der Waals surface area contributed by atoms with E-state index in [9.17, 15) is 13.2 Å². The van der Waals surface area contributed by atoms with E-state index in [1.165, 1.54) is 0 Å². The first-order chi connectivity index (χ1) is 7.36. The molecule has 0 aliphatic heterocycles. The smallest absolute Gasteiger partial charge is 0.360 e. The molecule has 0 amide bonds. The average molecular weight is 253 g/mol. The van der Waals surface area contributed by atoms with Crippen molar-refractivity contribution >= 4 is 17.4 Å². The summed E-state index contributed by atoms with van der Waals surface area (Å²) in [6, 6.07) is 0.970. The predicted molar refractivity (Wildman–Crippen MR) is 57.8 cm³/mol. The lowest BCUT2D eigenvalue weighted by Crippen LogP contribution is -2.20. The molecule has 0 unspecified atom stereocenters. The second kappa shape index (κ2) is 4.91. The van der Waals surface area contributed by atoms with Gasteiger partial charge in [-0.3, -0.25) is 0 Å². The van der Waals surface area contributed by atoms with E-state index in [0.717, 1.165) is 18.7 Å². The van der Waals surface area contributed by atoms with Gasteiger partial charge >= 0.3 is 6.18 Å². The molecule has 0 atom stereocenters. The lowest BCUT2D eigenvalue weighted by atomic mass is 10.2. The Balaban J connectivity index is 3.07. The van der Waals surface area contributed by atoms with Gasteiger partial charge in [-0.25, -0.2) is 4.98 Å². The van der Waals surface area contributed by atoms with E-state index in [0.29, 0.717) is 6.54 Å². The quantitative estimate of drug-likeness (QED) is 0.817. The molecule has 0 saturated carbocycles. The van der Waals surface area contributed by atoms with E-state index in [-0.39, 0.29) is 10.8 Å². The molecule has 2 nitrogen and oxygen atoms in total. The lowest BCUT2D eigenvalue weighted by molar-refractivity contribution is -0.137. The zero-order chi connectivity index (χ0) is 12.3. The van der Waals surface area contributed by atoms with E-state index in [1.54, 1.807) is 11.9 Å². The molecular weight excluding hydrogens is 241 g/mol. The minimum atomic E-state index is -4.44. The van der Waals surface area contributed by atoms with Crippen LogP contribution in [0.4, 0.5) is 19.0 Å². The number of hydrogen-bond donors (Lipinski definition) is 0. The Kier molecular flexibility index (Phi) is 4.02. The molecule has 1 aromatic heterocycles. The van der Waals surface area contributed by atoms with E-state index < -0.39 is 11.7 Å². The maximum absolute atomic E-state index is 12.5. The van der Waals surface area contributed by atoms with Gasteiger partial charge in [0.05, 0.1) is 10.6 Å². The summed E-state index contributed by atoms with van der Waals surface area (Å²) in [5, 5.41) is -0.374. The van der Waals surface area contributed by atoms with Gasteiger partial charge in [-0.2, -0.15) is 13.2 Å². The van der Waals surface area contributed by atoms with Crippen LogP contribution < -0.4 is 4.90 Å². The van der Waals surface area contributed by atoms with Gasteiger partial charge in [-0.05, 0) is 12.5 Å². The Labute approximate surface area is 97.0 Å². The maximum atomic E-state index is 12.5. The highest BCUT2D eigenvalue weighted by atomic mass is 35.5. The van der Waals surface area contributed by atoms with Crippen LogP contribution in [0.2, 0.25) is 5.02 Å². The van der Waals surface area contributed by atoms with Gasteiger partial charge in [0.25, 0.3) is 0 Å². The van der Waals surface area contributed by atoms with Crippen molar-refractivity contribution in [2.45, 2.75) is 19.5 Å². The normalized spacial score (nSPS) is 11.6. The van der Waals surface area contributed by atoms with Crippen LogP contribution in [0, 0.1) is 0 Å². The molecule has 0 aliphatic carbocycles. The summed E-state index contributed by atoms with van der Waals surface area (Å²) >= 11 is 5.46. The summed E-state index contributed by atoms with van der Waals surface area (Å²) in [6.07, 6.45) is -2.57. The third-order valence-electron chi connectivity index (χ3n) is 2.10. The first kappa shape index (κ1) is 13.1. The van der Waals surface area contributed by atoms with Gasteiger partial charge in [-0.1, -0.05) is 18.5 Å². The molecule has 0 fully saturated rings. The highest BCUT2D eigenvalue weighted by Crippen LogP contribution is 2.35. The molecule has 90 valence electrons. The first-order valence-corrected chi connectivity index (χ1v) is 5.18. The monoisotopic (exact) mass is 252 g/mol. The molecule has 0 saturated heterocycles. The molecule has 1 rings (SSSR count). The van der Waals surface area contributed by atoms with Crippen LogP contribution >= 0.6 is 11.6 Å². The van der Waals surface area contributed by atoms with Crippen LogP contribution in [0.1, 0.15) is 18.9 Å². The van der Waals surface area contributed by atoms with Crippen molar-refractivity contribution in [3.63, 3.8) is 0 Å². The molecule has 16 heavy (non-hydrogen) atoms. The van der Waals surface area contributed by atoms with Crippen LogP contribution in [-0.2, 0) is 6.18 Å². The van der Waals surface area contributed by atoms with E-state index in [2.05, 4.69) is 4.98 Å². The Morgan fingerprint density at radius 2 is 2.06 bits per heavy atom. The van der Waals surface area contributed by atoms with Crippen LogP contribution in [0.5, 0.6) is 0 Å². The number of halogens is 4. The Morgan fingerprint density at radius 3 is 2.56 bits per heavy atom. The number of pyridine rings is 1. The minimum absolute atomic E-state index is 0.276. The van der Waals surface area contributed by atoms with Gasteiger partial charge in [-0.15, -0.1) is 0 Å². The van der Waals surface area contributed by atoms with E-state index in [1.807, 2.05) is 6.92 Å². The summed E-state index contributed by atoms with van der Waals surface area (Å²) in [4.78, 5) is 5.52. The van der Waals surface area contributed by atoms with Gasteiger partial charge in [0.1, 0.15) is 5.82 Å². The standard InChI is InChI=1S/C10H12ClF3N2/c1-3-4-16(2)9-5-7(10(12,13)14)8(11)6-15-9/h5-6H,3-4H2,1-2H3. The predicted octanol–water partition coefficient (Wildman–Crippen LogP) is 3.60. The van der Waals surface area contributed by atoms with E-state index >= 15 is 0 Å². The fraction of sp³-hybridized carbons (Fsp3) is 0.500. The summed E-state index contributed by atoms with van der Waals surface area (Å²) in [6.45, 7) is 2.59. The van der Waals surface area contributed by atoms with Gasteiger partial charge in [0, 0.05) is 19.8 Å². The number of rotatable bonds is 3. The number of aromatic nitrogens is 1. The maximum Gasteiger partial charge on any atom is 0.418 e. The zero-order valence-corrected chi connectivity index (χ0v) is 9.73. The second-order valence-electron chi connectivity index (χ2n) is 3.44. The highest BCUT2D eigenvalue weighted by molar-refractivity contribution is 6.31.